The molecular formula is C25H27FN4O3S. The highest BCUT2D eigenvalue weighted by Crippen LogP contribution is 2.29. The molecule has 1 aromatic carbocycles. The Hall–Kier alpha value is -3.20. The van der Waals surface area contributed by atoms with Gasteiger partial charge in [0.2, 0.25) is 5.91 Å². The molecule has 2 aromatic heterocycles. The van der Waals surface area contributed by atoms with Gasteiger partial charge in [-0.05, 0) is 57.0 Å². The number of hydrogen-bond donors (Lipinski definition) is 2. The van der Waals surface area contributed by atoms with Crippen molar-refractivity contribution in [2.45, 2.75) is 56.7 Å². The molecule has 178 valence electrons. The Balaban J connectivity index is 1.45. The standard InChI is InChI=1S/C25H27FN4O3S/c1-15-20(16(2)33-30-15)14-34-25-19(9-6-12-27-25)24(32)28-18-10-11-21(26)22(13-18)29-23(31)17-7-4-3-5-8-17/h6,9-13,17H,3-5,7-8,14H2,1-2H3,(H,28,32)(H,29,31). The number of pyridine rings is 1. The van der Waals surface area contributed by atoms with E-state index in [4.69, 9.17) is 4.52 Å². The first-order valence-electron chi connectivity index (χ1n) is 11.3. The summed E-state index contributed by atoms with van der Waals surface area (Å²) in [4.78, 5) is 29.9. The van der Waals surface area contributed by atoms with E-state index in [1.165, 1.54) is 30.0 Å². The fourth-order valence-corrected chi connectivity index (χ4v) is 5.17. The Kier molecular flexibility index (Phi) is 7.62. The lowest BCUT2D eigenvalue weighted by Gasteiger charge is -2.21. The van der Waals surface area contributed by atoms with E-state index in [2.05, 4.69) is 20.8 Å². The summed E-state index contributed by atoms with van der Waals surface area (Å²) in [6.07, 6.45) is 6.42. The van der Waals surface area contributed by atoms with Crippen LogP contribution in [0, 0.1) is 25.6 Å². The van der Waals surface area contributed by atoms with Crippen molar-refractivity contribution in [1.29, 1.82) is 0 Å². The smallest absolute Gasteiger partial charge is 0.258 e. The van der Waals surface area contributed by atoms with Gasteiger partial charge in [0.25, 0.3) is 5.91 Å². The topological polar surface area (TPSA) is 97.1 Å². The van der Waals surface area contributed by atoms with Gasteiger partial charge in [-0.15, -0.1) is 11.8 Å². The van der Waals surface area contributed by atoms with Gasteiger partial charge in [0, 0.05) is 29.1 Å². The fourth-order valence-electron chi connectivity index (χ4n) is 4.02. The van der Waals surface area contributed by atoms with Crippen LogP contribution < -0.4 is 10.6 Å². The van der Waals surface area contributed by atoms with Crippen molar-refractivity contribution >= 4 is 35.0 Å². The average molecular weight is 483 g/mol. The van der Waals surface area contributed by atoms with Crippen molar-refractivity contribution in [3.8, 4) is 0 Å². The predicted octanol–water partition coefficient (Wildman–Crippen LogP) is 5.89. The van der Waals surface area contributed by atoms with Gasteiger partial charge >= 0.3 is 0 Å². The third-order valence-electron chi connectivity index (χ3n) is 6.01. The Labute approximate surface area is 201 Å². The van der Waals surface area contributed by atoms with Gasteiger partial charge < -0.3 is 15.2 Å². The number of nitrogens with one attached hydrogen (secondary N) is 2. The third kappa shape index (κ3) is 5.64. The highest BCUT2D eigenvalue weighted by atomic mass is 32.2. The number of halogens is 1. The zero-order chi connectivity index (χ0) is 24.1. The van der Waals surface area contributed by atoms with E-state index in [9.17, 15) is 14.0 Å². The van der Waals surface area contributed by atoms with Crippen LogP contribution in [-0.2, 0) is 10.5 Å². The highest BCUT2D eigenvalue weighted by molar-refractivity contribution is 7.98. The molecular weight excluding hydrogens is 455 g/mol. The molecule has 2 heterocycles. The van der Waals surface area contributed by atoms with Crippen LogP contribution in [0.5, 0.6) is 0 Å². The van der Waals surface area contributed by atoms with Crippen LogP contribution >= 0.6 is 11.8 Å². The molecule has 4 rings (SSSR count). The maximum Gasteiger partial charge on any atom is 0.258 e. The van der Waals surface area contributed by atoms with E-state index in [1.807, 2.05) is 13.8 Å². The second-order valence-corrected chi connectivity index (χ2v) is 9.38. The minimum atomic E-state index is -0.542. The van der Waals surface area contributed by atoms with Crippen LogP contribution in [0.25, 0.3) is 0 Å². The zero-order valence-electron chi connectivity index (χ0n) is 19.2. The van der Waals surface area contributed by atoms with E-state index in [-0.39, 0.29) is 23.4 Å². The van der Waals surface area contributed by atoms with Crippen LogP contribution in [0.1, 0.15) is 59.5 Å². The molecule has 34 heavy (non-hydrogen) atoms. The second kappa shape index (κ2) is 10.8. The number of thioether (sulfide) groups is 1. The summed E-state index contributed by atoms with van der Waals surface area (Å²) in [6.45, 7) is 3.72. The normalized spacial score (nSPS) is 14.1. The van der Waals surface area contributed by atoms with Gasteiger partial charge in [-0.25, -0.2) is 9.37 Å². The number of rotatable bonds is 7. The Morgan fingerprint density at radius 3 is 2.68 bits per heavy atom. The number of carbonyl (C=O) groups excluding carboxylic acids is 2. The number of anilines is 2. The van der Waals surface area contributed by atoms with Crippen LogP contribution in [-0.4, -0.2) is 22.0 Å². The summed E-state index contributed by atoms with van der Waals surface area (Å²) in [5.41, 5.74) is 2.62. The first-order valence-corrected chi connectivity index (χ1v) is 12.3. The molecule has 0 saturated heterocycles. The molecule has 1 saturated carbocycles. The molecule has 2 N–H and O–H groups in total. The zero-order valence-corrected chi connectivity index (χ0v) is 20.0. The molecule has 0 atom stereocenters. The number of carbonyl (C=O) groups is 2. The van der Waals surface area contributed by atoms with E-state index in [1.54, 1.807) is 18.3 Å². The summed E-state index contributed by atoms with van der Waals surface area (Å²) in [6, 6.07) is 7.53. The van der Waals surface area contributed by atoms with Crippen LogP contribution in [0.4, 0.5) is 15.8 Å². The molecule has 1 aliphatic rings. The molecule has 7 nitrogen and oxygen atoms in total. The van der Waals surface area contributed by atoms with Crippen molar-refractivity contribution in [1.82, 2.24) is 10.1 Å². The van der Waals surface area contributed by atoms with Crippen LogP contribution in [0.3, 0.4) is 0 Å². The first kappa shape index (κ1) is 23.9. The van der Waals surface area contributed by atoms with Crippen molar-refractivity contribution in [3.05, 3.63) is 64.9 Å². The third-order valence-corrected chi connectivity index (χ3v) is 7.04. The molecule has 9 heteroatoms. The first-order chi connectivity index (χ1) is 16.4. The van der Waals surface area contributed by atoms with Crippen LogP contribution in [0.2, 0.25) is 0 Å². The minimum absolute atomic E-state index is 0.0626. The number of benzene rings is 1. The lowest BCUT2D eigenvalue weighted by Crippen LogP contribution is -2.25. The molecule has 2 amide bonds. The van der Waals surface area contributed by atoms with E-state index in [0.717, 1.165) is 49.1 Å². The van der Waals surface area contributed by atoms with Crippen LogP contribution in [0.15, 0.2) is 46.1 Å². The largest absolute Gasteiger partial charge is 0.361 e. The van der Waals surface area contributed by atoms with Crippen molar-refractivity contribution in [2.24, 2.45) is 5.92 Å². The SMILES string of the molecule is Cc1noc(C)c1CSc1ncccc1C(=O)Nc1ccc(F)c(NC(=O)C2CCCCC2)c1. The number of amides is 2. The van der Waals surface area contributed by atoms with Gasteiger partial charge in [-0.2, -0.15) is 0 Å². The average Bonchev–Trinajstić information content (AvgIpc) is 3.17. The molecule has 0 radical (unpaired) electrons. The Morgan fingerprint density at radius 2 is 1.94 bits per heavy atom. The van der Waals surface area contributed by atoms with E-state index >= 15 is 0 Å². The molecule has 3 aromatic rings. The van der Waals surface area contributed by atoms with Gasteiger partial charge in [-0.3, -0.25) is 9.59 Å². The molecule has 1 aliphatic carbocycles. The summed E-state index contributed by atoms with van der Waals surface area (Å²) in [7, 11) is 0. The Morgan fingerprint density at radius 1 is 1.15 bits per heavy atom. The number of aromatic nitrogens is 2. The molecule has 0 spiro atoms. The molecule has 0 aliphatic heterocycles. The molecule has 0 unspecified atom stereocenters. The predicted molar refractivity (Wildman–Crippen MR) is 129 cm³/mol. The fraction of sp³-hybridized carbons (Fsp3) is 0.360. The summed E-state index contributed by atoms with van der Waals surface area (Å²) < 4.78 is 19.6. The monoisotopic (exact) mass is 482 g/mol. The summed E-state index contributed by atoms with van der Waals surface area (Å²) in [5.74, 6) is 0.115. The van der Waals surface area contributed by atoms with Crippen molar-refractivity contribution < 1.29 is 18.5 Å². The van der Waals surface area contributed by atoms with E-state index < -0.39 is 5.82 Å². The van der Waals surface area contributed by atoms with E-state index in [0.29, 0.717) is 22.0 Å². The second-order valence-electron chi connectivity index (χ2n) is 8.42. The highest BCUT2D eigenvalue weighted by Gasteiger charge is 2.22. The maximum absolute atomic E-state index is 14.4. The number of aryl methyl sites for hydroxylation is 2. The maximum atomic E-state index is 14.4. The summed E-state index contributed by atoms with van der Waals surface area (Å²) >= 11 is 1.41. The number of nitrogens with zero attached hydrogens (tertiary/aromatic N) is 2. The number of hydrogen-bond acceptors (Lipinski definition) is 6. The lowest BCUT2D eigenvalue weighted by molar-refractivity contribution is -0.120. The Bertz CT molecular complexity index is 1170. The molecule has 1 fully saturated rings. The minimum Gasteiger partial charge on any atom is -0.361 e. The van der Waals surface area contributed by atoms with Gasteiger partial charge in [0.1, 0.15) is 16.6 Å². The lowest BCUT2D eigenvalue weighted by atomic mass is 9.88. The molecule has 0 bridgehead atoms. The van der Waals surface area contributed by atoms with Gasteiger partial charge in [0.15, 0.2) is 0 Å². The van der Waals surface area contributed by atoms with Gasteiger partial charge in [0.05, 0.1) is 16.9 Å². The van der Waals surface area contributed by atoms with Crippen molar-refractivity contribution in [2.75, 3.05) is 10.6 Å². The van der Waals surface area contributed by atoms with Crippen molar-refractivity contribution in [3.63, 3.8) is 0 Å². The summed E-state index contributed by atoms with van der Waals surface area (Å²) in [5, 5.41) is 10.0. The van der Waals surface area contributed by atoms with Gasteiger partial charge in [-0.1, -0.05) is 24.4 Å². The quantitative estimate of drug-likeness (QED) is 0.408.